The van der Waals surface area contributed by atoms with Crippen LogP contribution in [-0.4, -0.2) is 31.1 Å². The molecule has 2 rings (SSSR count). The smallest absolute Gasteiger partial charge is 0.0576 e. The Hall–Kier alpha value is -0.510. The summed E-state index contributed by atoms with van der Waals surface area (Å²) < 4.78 is 5.76. The standard InChI is InChI=1S/C18H29NOS/c1-3-12-19-16(10-11-17-8-6-13-20-17)14-21-18-9-5-4-7-15(18)2/h4-5,7,9,16-17,19H,3,6,8,10-14H2,1-2H3. The highest BCUT2D eigenvalue weighted by Gasteiger charge is 2.18. The molecule has 21 heavy (non-hydrogen) atoms. The minimum absolute atomic E-state index is 0.513. The van der Waals surface area contributed by atoms with E-state index >= 15 is 0 Å². The van der Waals surface area contributed by atoms with E-state index in [0.29, 0.717) is 12.1 Å². The topological polar surface area (TPSA) is 21.3 Å². The molecule has 0 saturated carbocycles. The van der Waals surface area contributed by atoms with Crippen molar-refractivity contribution in [1.82, 2.24) is 5.32 Å². The molecule has 0 bridgehead atoms. The molecule has 1 heterocycles. The second-order valence-electron chi connectivity index (χ2n) is 5.94. The average molecular weight is 308 g/mol. The number of ether oxygens (including phenoxy) is 1. The first kappa shape index (κ1) is 16.9. The highest BCUT2D eigenvalue weighted by Crippen LogP contribution is 2.24. The Kier molecular flexibility index (Phi) is 7.62. The number of thioether (sulfide) groups is 1. The van der Waals surface area contributed by atoms with Gasteiger partial charge >= 0.3 is 0 Å². The molecular weight excluding hydrogens is 278 g/mol. The molecule has 1 N–H and O–H groups in total. The Labute approximate surface area is 134 Å². The number of aryl methyl sites for hydroxylation is 1. The fourth-order valence-corrected chi connectivity index (χ4v) is 3.90. The van der Waals surface area contributed by atoms with Gasteiger partial charge in [0.25, 0.3) is 0 Å². The zero-order valence-electron chi connectivity index (χ0n) is 13.4. The van der Waals surface area contributed by atoms with E-state index in [1.807, 2.05) is 11.8 Å². The van der Waals surface area contributed by atoms with Crippen molar-refractivity contribution in [2.24, 2.45) is 0 Å². The molecule has 1 aromatic carbocycles. The van der Waals surface area contributed by atoms with Gasteiger partial charge in [0.15, 0.2) is 0 Å². The third-order valence-corrected chi connectivity index (χ3v) is 5.42. The number of hydrogen-bond acceptors (Lipinski definition) is 3. The number of benzene rings is 1. The minimum Gasteiger partial charge on any atom is -0.378 e. The lowest BCUT2D eigenvalue weighted by Gasteiger charge is -2.20. The van der Waals surface area contributed by atoms with Crippen molar-refractivity contribution < 1.29 is 4.74 Å². The predicted molar refractivity (Wildman–Crippen MR) is 92.2 cm³/mol. The third-order valence-electron chi connectivity index (χ3n) is 4.08. The van der Waals surface area contributed by atoms with E-state index in [9.17, 15) is 0 Å². The number of nitrogens with one attached hydrogen (secondary N) is 1. The first-order valence-corrected chi connectivity index (χ1v) is 9.31. The first-order chi connectivity index (χ1) is 10.3. The van der Waals surface area contributed by atoms with Gasteiger partial charge in [0.2, 0.25) is 0 Å². The summed E-state index contributed by atoms with van der Waals surface area (Å²) in [5.74, 6) is 1.15. The Morgan fingerprint density at radius 3 is 2.95 bits per heavy atom. The van der Waals surface area contributed by atoms with Crippen LogP contribution in [0.15, 0.2) is 29.2 Å². The average Bonchev–Trinajstić information content (AvgIpc) is 3.01. The van der Waals surface area contributed by atoms with Crippen LogP contribution < -0.4 is 5.32 Å². The molecule has 1 saturated heterocycles. The summed E-state index contributed by atoms with van der Waals surface area (Å²) >= 11 is 1.98. The van der Waals surface area contributed by atoms with E-state index in [2.05, 4.69) is 43.4 Å². The number of hydrogen-bond donors (Lipinski definition) is 1. The van der Waals surface area contributed by atoms with Gasteiger partial charge in [-0.25, -0.2) is 0 Å². The highest BCUT2D eigenvalue weighted by atomic mass is 32.2. The van der Waals surface area contributed by atoms with Gasteiger partial charge in [-0.15, -0.1) is 11.8 Å². The van der Waals surface area contributed by atoms with Gasteiger partial charge in [-0.2, -0.15) is 0 Å². The van der Waals surface area contributed by atoms with E-state index < -0.39 is 0 Å². The zero-order valence-corrected chi connectivity index (χ0v) is 14.3. The van der Waals surface area contributed by atoms with Gasteiger partial charge < -0.3 is 10.1 Å². The van der Waals surface area contributed by atoms with Crippen LogP contribution >= 0.6 is 11.8 Å². The Morgan fingerprint density at radius 2 is 2.24 bits per heavy atom. The van der Waals surface area contributed by atoms with E-state index in [-0.39, 0.29) is 0 Å². The van der Waals surface area contributed by atoms with Gasteiger partial charge in [0.05, 0.1) is 6.10 Å². The minimum atomic E-state index is 0.513. The largest absolute Gasteiger partial charge is 0.378 e. The van der Waals surface area contributed by atoms with E-state index in [0.717, 1.165) is 18.9 Å². The summed E-state index contributed by atoms with van der Waals surface area (Å²) in [6.45, 7) is 6.52. The molecule has 0 aliphatic carbocycles. The van der Waals surface area contributed by atoms with Crippen LogP contribution in [0.25, 0.3) is 0 Å². The van der Waals surface area contributed by atoms with Crippen LogP contribution in [0.1, 0.15) is 44.6 Å². The summed E-state index contributed by atoms with van der Waals surface area (Å²) in [5, 5.41) is 3.71. The lowest BCUT2D eigenvalue weighted by Crippen LogP contribution is -2.33. The van der Waals surface area contributed by atoms with Crippen molar-refractivity contribution in [2.45, 2.75) is 63.0 Å². The van der Waals surface area contributed by atoms with E-state index in [4.69, 9.17) is 4.74 Å². The monoisotopic (exact) mass is 307 g/mol. The van der Waals surface area contributed by atoms with E-state index in [1.165, 1.54) is 42.6 Å². The summed E-state index contributed by atoms with van der Waals surface area (Å²) in [5.41, 5.74) is 1.39. The molecule has 118 valence electrons. The molecule has 0 amide bonds. The molecule has 0 radical (unpaired) electrons. The van der Waals surface area contributed by atoms with Crippen molar-refractivity contribution in [3.8, 4) is 0 Å². The van der Waals surface area contributed by atoms with Crippen LogP contribution in [0.3, 0.4) is 0 Å². The highest BCUT2D eigenvalue weighted by molar-refractivity contribution is 7.99. The maximum atomic E-state index is 5.76. The second kappa shape index (κ2) is 9.50. The molecule has 1 fully saturated rings. The molecule has 2 unspecified atom stereocenters. The molecule has 3 heteroatoms. The lowest BCUT2D eigenvalue weighted by atomic mass is 10.1. The van der Waals surface area contributed by atoms with E-state index in [1.54, 1.807) is 0 Å². The quantitative estimate of drug-likeness (QED) is 0.683. The fourth-order valence-electron chi connectivity index (χ4n) is 2.76. The molecule has 1 aliphatic heterocycles. The SMILES string of the molecule is CCCNC(CCC1CCCO1)CSc1ccccc1C. The van der Waals surface area contributed by atoms with Gasteiger partial charge in [-0.05, 0) is 57.2 Å². The maximum Gasteiger partial charge on any atom is 0.0576 e. The van der Waals surface area contributed by atoms with Gasteiger partial charge in [-0.3, -0.25) is 0 Å². The zero-order chi connectivity index (χ0) is 14.9. The predicted octanol–water partition coefficient (Wildman–Crippen LogP) is 4.41. The van der Waals surface area contributed by atoms with Crippen LogP contribution in [-0.2, 0) is 4.74 Å². The Bertz CT molecular complexity index is 404. The normalized spacial score (nSPS) is 19.8. The van der Waals surface area contributed by atoms with Crippen LogP contribution in [0.2, 0.25) is 0 Å². The third kappa shape index (κ3) is 6.01. The Balaban J connectivity index is 1.79. The van der Waals surface area contributed by atoms with Crippen molar-refractivity contribution >= 4 is 11.8 Å². The summed E-state index contributed by atoms with van der Waals surface area (Å²) in [6, 6.07) is 9.28. The lowest BCUT2D eigenvalue weighted by molar-refractivity contribution is 0.100. The van der Waals surface area contributed by atoms with Crippen LogP contribution in [0.4, 0.5) is 0 Å². The number of rotatable bonds is 9. The van der Waals surface area contributed by atoms with Crippen molar-refractivity contribution in [3.05, 3.63) is 29.8 Å². The molecular formula is C18H29NOS. The summed E-state index contributed by atoms with van der Waals surface area (Å²) in [6.07, 6.45) is 6.64. The van der Waals surface area contributed by atoms with Gasteiger partial charge in [-0.1, -0.05) is 25.1 Å². The van der Waals surface area contributed by atoms with Crippen LogP contribution in [0, 0.1) is 6.92 Å². The van der Waals surface area contributed by atoms with Crippen LogP contribution in [0.5, 0.6) is 0 Å². The van der Waals surface area contributed by atoms with Gasteiger partial charge in [0.1, 0.15) is 0 Å². The molecule has 2 atom stereocenters. The summed E-state index contributed by atoms with van der Waals surface area (Å²) in [7, 11) is 0. The molecule has 1 aliphatic rings. The van der Waals surface area contributed by atoms with Gasteiger partial charge in [0, 0.05) is 23.3 Å². The Morgan fingerprint density at radius 1 is 1.38 bits per heavy atom. The summed E-state index contributed by atoms with van der Waals surface area (Å²) in [4.78, 5) is 1.41. The van der Waals surface area contributed by atoms with Crippen molar-refractivity contribution in [3.63, 3.8) is 0 Å². The molecule has 0 aromatic heterocycles. The fraction of sp³-hybridized carbons (Fsp3) is 0.667. The molecule has 2 nitrogen and oxygen atoms in total. The molecule has 1 aromatic rings. The van der Waals surface area contributed by atoms with Crippen molar-refractivity contribution in [1.29, 1.82) is 0 Å². The molecule has 0 spiro atoms. The first-order valence-electron chi connectivity index (χ1n) is 8.33. The maximum absolute atomic E-state index is 5.76. The van der Waals surface area contributed by atoms with Crippen molar-refractivity contribution in [2.75, 3.05) is 18.9 Å². The second-order valence-corrected chi connectivity index (χ2v) is 7.00.